The molecule has 7 heteroatoms. The molecule has 0 aromatic carbocycles. The summed E-state index contributed by atoms with van der Waals surface area (Å²) in [7, 11) is 0. The highest BCUT2D eigenvalue weighted by Crippen LogP contribution is 2.17. The van der Waals surface area contributed by atoms with E-state index in [-0.39, 0.29) is 11.7 Å². The molecular weight excluding hydrogens is 258 g/mol. The molecule has 0 spiro atoms. The summed E-state index contributed by atoms with van der Waals surface area (Å²) in [6, 6.07) is 1.85. The quantitative estimate of drug-likeness (QED) is 0.884. The first-order chi connectivity index (χ1) is 9.53. The van der Waals surface area contributed by atoms with Crippen LogP contribution in [-0.2, 0) is 4.74 Å². The Kier molecular flexibility index (Phi) is 3.31. The third kappa shape index (κ3) is 2.73. The highest BCUT2D eigenvalue weighted by atomic mass is 16.6. The van der Waals surface area contributed by atoms with Gasteiger partial charge in [-0.1, -0.05) is 0 Å². The van der Waals surface area contributed by atoms with E-state index in [4.69, 9.17) is 9.47 Å². The van der Waals surface area contributed by atoms with E-state index in [2.05, 4.69) is 34.2 Å². The highest BCUT2D eigenvalue weighted by Gasteiger charge is 2.28. The minimum Gasteiger partial charge on any atom is -0.475 e. The molecule has 0 bridgehead atoms. The van der Waals surface area contributed by atoms with Crippen LogP contribution in [0.5, 0.6) is 5.88 Å². The van der Waals surface area contributed by atoms with Crippen molar-refractivity contribution >= 4 is 5.78 Å². The molecular formula is C13H19N5O2. The minimum atomic E-state index is -0.164. The largest absolute Gasteiger partial charge is 0.475 e. The zero-order chi connectivity index (χ0) is 14.2. The van der Waals surface area contributed by atoms with Gasteiger partial charge in [0.05, 0.1) is 5.60 Å². The number of aryl methyl sites for hydroxylation is 1. The van der Waals surface area contributed by atoms with Gasteiger partial charge in [-0.2, -0.15) is 14.6 Å². The molecule has 7 nitrogen and oxygen atoms in total. The number of rotatable bonds is 3. The van der Waals surface area contributed by atoms with Gasteiger partial charge in [-0.25, -0.2) is 4.98 Å². The van der Waals surface area contributed by atoms with Crippen LogP contribution in [0, 0.1) is 6.92 Å². The van der Waals surface area contributed by atoms with Gasteiger partial charge in [0.25, 0.3) is 5.78 Å². The van der Waals surface area contributed by atoms with Crippen LogP contribution in [0.4, 0.5) is 0 Å². The molecule has 20 heavy (non-hydrogen) atoms. The maximum atomic E-state index is 5.97. The van der Waals surface area contributed by atoms with Crippen molar-refractivity contribution in [2.75, 3.05) is 19.7 Å². The van der Waals surface area contributed by atoms with E-state index in [0.29, 0.717) is 18.3 Å². The van der Waals surface area contributed by atoms with Crippen LogP contribution in [0.3, 0.4) is 0 Å². The van der Waals surface area contributed by atoms with Gasteiger partial charge in [-0.3, -0.25) is 0 Å². The van der Waals surface area contributed by atoms with Gasteiger partial charge in [0.1, 0.15) is 19.0 Å². The number of aromatic nitrogens is 4. The predicted octanol–water partition coefficient (Wildman–Crippen LogP) is 0.579. The Morgan fingerprint density at radius 3 is 3.20 bits per heavy atom. The normalized spacial score (nSPS) is 22.1. The standard InChI is InChI=1S/C13H19N5O2/c1-9-4-11(18-12(17-9)15-8-16-18)19-6-10-5-14-7-13(2,3)20-10/h4,8,10,14H,5-7H2,1-3H3. The first-order valence-electron chi connectivity index (χ1n) is 6.72. The molecule has 1 saturated heterocycles. The fraction of sp³-hybridized carbons (Fsp3) is 0.615. The lowest BCUT2D eigenvalue weighted by molar-refractivity contribution is -0.107. The highest BCUT2D eigenvalue weighted by molar-refractivity contribution is 5.32. The van der Waals surface area contributed by atoms with Crippen molar-refractivity contribution in [1.29, 1.82) is 0 Å². The van der Waals surface area contributed by atoms with E-state index < -0.39 is 0 Å². The van der Waals surface area contributed by atoms with E-state index >= 15 is 0 Å². The fourth-order valence-electron chi connectivity index (χ4n) is 2.34. The topological polar surface area (TPSA) is 73.6 Å². The third-order valence-electron chi connectivity index (χ3n) is 3.17. The SMILES string of the molecule is Cc1cc(OCC2CNCC(C)(C)O2)n2ncnc2n1. The molecule has 3 rings (SSSR count). The molecule has 3 heterocycles. The van der Waals surface area contributed by atoms with Crippen LogP contribution >= 0.6 is 0 Å². The summed E-state index contributed by atoms with van der Waals surface area (Å²) in [6.45, 7) is 8.15. The number of ether oxygens (including phenoxy) is 2. The van der Waals surface area contributed by atoms with Gasteiger partial charge in [0, 0.05) is 24.8 Å². The van der Waals surface area contributed by atoms with Crippen molar-refractivity contribution < 1.29 is 9.47 Å². The summed E-state index contributed by atoms with van der Waals surface area (Å²) in [6.07, 6.45) is 1.49. The first kappa shape index (κ1) is 13.3. The maximum absolute atomic E-state index is 5.97. The van der Waals surface area contributed by atoms with Crippen LogP contribution < -0.4 is 10.1 Å². The molecule has 1 aliphatic heterocycles. The number of fused-ring (bicyclic) bond motifs is 1. The monoisotopic (exact) mass is 277 g/mol. The average Bonchev–Trinajstić information content (AvgIpc) is 2.82. The zero-order valence-corrected chi connectivity index (χ0v) is 12.0. The Balaban J connectivity index is 1.72. The summed E-state index contributed by atoms with van der Waals surface area (Å²) in [4.78, 5) is 8.36. The van der Waals surface area contributed by atoms with Crippen molar-refractivity contribution in [1.82, 2.24) is 24.9 Å². The smallest absolute Gasteiger partial charge is 0.255 e. The zero-order valence-electron chi connectivity index (χ0n) is 12.0. The van der Waals surface area contributed by atoms with Crippen molar-refractivity contribution in [2.24, 2.45) is 0 Å². The van der Waals surface area contributed by atoms with Crippen molar-refractivity contribution in [3.05, 3.63) is 18.1 Å². The first-order valence-corrected chi connectivity index (χ1v) is 6.72. The third-order valence-corrected chi connectivity index (χ3v) is 3.17. The van der Waals surface area contributed by atoms with Crippen LogP contribution in [0.25, 0.3) is 5.78 Å². The van der Waals surface area contributed by atoms with Gasteiger partial charge in [-0.05, 0) is 20.8 Å². The Labute approximate surface area is 117 Å². The molecule has 0 radical (unpaired) electrons. The molecule has 1 N–H and O–H groups in total. The minimum absolute atomic E-state index is 0.0193. The molecule has 108 valence electrons. The van der Waals surface area contributed by atoms with Gasteiger partial charge in [0.15, 0.2) is 0 Å². The van der Waals surface area contributed by atoms with Gasteiger partial charge in [-0.15, -0.1) is 0 Å². The summed E-state index contributed by atoms with van der Waals surface area (Å²) < 4.78 is 13.4. The molecule has 0 saturated carbocycles. The molecule has 1 atom stereocenters. The van der Waals surface area contributed by atoms with Crippen molar-refractivity contribution in [2.45, 2.75) is 32.5 Å². The molecule has 2 aromatic heterocycles. The molecule has 2 aromatic rings. The Hall–Kier alpha value is -1.73. The maximum Gasteiger partial charge on any atom is 0.255 e. The van der Waals surface area contributed by atoms with E-state index in [1.165, 1.54) is 6.33 Å². The lowest BCUT2D eigenvalue weighted by atomic mass is 10.1. The van der Waals surface area contributed by atoms with E-state index in [1.54, 1.807) is 4.52 Å². The molecule has 0 amide bonds. The number of morpholine rings is 1. The number of nitrogens with zero attached hydrogens (tertiary/aromatic N) is 4. The van der Waals surface area contributed by atoms with E-state index in [0.717, 1.165) is 18.8 Å². The van der Waals surface area contributed by atoms with Crippen LogP contribution in [-0.4, -0.2) is 51.0 Å². The number of nitrogens with one attached hydrogen (secondary N) is 1. The van der Waals surface area contributed by atoms with Crippen LogP contribution in [0.2, 0.25) is 0 Å². The van der Waals surface area contributed by atoms with Gasteiger partial charge < -0.3 is 14.8 Å². The lowest BCUT2D eigenvalue weighted by Gasteiger charge is -2.36. The molecule has 0 aliphatic carbocycles. The van der Waals surface area contributed by atoms with E-state index in [1.807, 2.05) is 13.0 Å². The summed E-state index contributed by atoms with van der Waals surface area (Å²) in [5.74, 6) is 1.18. The summed E-state index contributed by atoms with van der Waals surface area (Å²) in [5.41, 5.74) is 0.687. The Bertz CT molecular complexity index is 610. The fourth-order valence-corrected chi connectivity index (χ4v) is 2.34. The lowest BCUT2D eigenvalue weighted by Crippen LogP contribution is -2.52. The Morgan fingerprint density at radius 1 is 1.55 bits per heavy atom. The summed E-state index contributed by atoms with van der Waals surface area (Å²) in [5, 5.41) is 7.47. The van der Waals surface area contributed by atoms with Gasteiger partial charge in [0.2, 0.25) is 5.88 Å². The molecule has 1 fully saturated rings. The van der Waals surface area contributed by atoms with Gasteiger partial charge >= 0.3 is 0 Å². The molecule has 1 aliphatic rings. The Morgan fingerprint density at radius 2 is 2.40 bits per heavy atom. The summed E-state index contributed by atoms with van der Waals surface area (Å²) >= 11 is 0. The predicted molar refractivity (Wildman–Crippen MR) is 72.8 cm³/mol. The molecule has 1 unspecified atom stereocenters. The van der Waals surface area contributed by atoms with Crippen molar-refractivity contribution in [3.63, 3.8) is 0 Å². The second-order valence-electron chi connectivity index (χ2n) is 5.65. The second-order valence-corrected chi connectivity index (χ2v) is 5.65. The van der Waals surface area contributed by atoms with Crippen LogP contribution in [0.1, 0.15) is 19.5 Å². The number of hydrogen-bond donors (Lipinski definition) is 1. The average molecular weight is 277 g/mol. The second kappa shape index (κ2) is 4.99. The van der Waals surface area contributed by atoms with E-state index in [9.17, 15) is 0 Å². The number of hydrogen-bond acceptors (Lipinski definition) is 6. The van der Waals surface area contributed by atoms with Crippen molar-refractivity contribution in [3.8, 4) is 5.88 Å². The van der Waals surface area contributed by atoms with Crippen LogP contribution in [0.15, 0.2) is 12.4 Å².